The average molecular weight is 370 g/mol. The Morgan fingerprint density at radius 1 is 0.593 bits per heavy atom. The summed E-state index contributed by atoms with van der Waals surface area (Å²) in [6.07, 6.45) is 0. The van der Waals surface area contributed by atoms with Gasteiger partial charge in [0.25, 0.3) is 0 Å². The van der Waals surface area contributed by atoms with Crippen molar-refractivity contribution in [2.24, 2.45) is 0 Å². The van der Waals surface area contributed by atoms with Gasteiger partial charge in [0.05, 0.1) is 5.02 Å². The summed E-state index contributed by atoms with van der Waals surface area (Å²) in [6.45, 7) is 0. The Morgan fingerprint density at radius 3 is 1.93 bits per heavy atom. The lowest BCUT2D eigenvalue weighted by Gasteiger charge is -2.25. The molecule has 0 atom stereocenters. The third-order valence-corrected chi connectivity index (χ3v) is 5.02. The number of furan rings is 1. The van der Waals surface area contributed by atoms with Gasteiger partial charge in [0, 0.05) is 27.8 Å². The average Bonchev–Trinajstić information content (AvgIpc) is 3.10. The first-order valence-corrected chi connectivity index (χ1v) is 9.20. The number of fused-ring (bicyclic) bond motifs is 3. The van der Waals surface area contributed by atoms with Crippen molar-refractivity contribution in [1.29, 1.82) is 0 Å². The summed E-state index contributed by atoms with van der Waals surface area (Å²) >= 11 is 6.32. The first-order chi connectivity index (χ1) is 13.3. The number of anilines is 3. The zero-order valence-corrected chi connectivity index (χ0v) is 15.2. The second kappa shape index (κ2) is 6.49. The Morgan fingerprint density at radius 2 is 1.26 bits per heavy atom. The quantitative estimate of drug-likeness (QED) is 0.324. The third-order valence-electron chi connectivity index (χ3n) is 4.72. The van der Waals surface area contributed by atoms with Gasteiger partial charge in [0.1, 0.15) is 5.58 Å². The molecule has 27 heavy (non-hydrogen) atoms. The molecule has 0 saturated heterocycles. The van der Waals surface area contributed by atoms with Gasteiger partial charge < -0.3 is 9.32 Å². The molecule has 0 aliphatic carbocycles. The predicted molar refractivity (Wildman–Crippen MR) is 113 cm³/mol. The van der Waals surface area contributed by atoms with E-state index in [2.05, 4.69) is 65.6 Å². The van der Waals surface area contributed by atoms with Gasteiger partial charge in [-0.1, -0.05) is 60.1 Å². The molecule has 0 saturated carbocycles. The van der Waals surface area contributed by atoms with E-state index in [4.69, 9.17) is 16.0 Å². The molecule has 0 aliphatic rings. The monoisotopic (exact) mass is 369 g/mol. The number of halogens is 1. The molecule has 0 N–H and O–H groups in total. The standard InChI is InChI=1S/C24H16ClNO/c25-22-13-7-12-20-21-16-19(14-15-23(21)27-24(20)22)26(17-8-3-1-4-9-17)18-10-5-2-6-11-18/h1-16H. The second-order valence-corrected chi connectivity index (χ2v) is 6.81. The Bertz CT molecular complexity index is 1190. The molecule has 1 aromatic heterocycles. The van der Waals surface area contributed by atoms with Gasteiger partial charge in [-0.2, -0.15) is 0 Å². The van der Waals surface area contributed by atoms with Crippen LogP contribution in [-0.2, 0) is 0 Å². The van der Waals surface area contributed by atoms with Crippen molar-refractivity contribution in [3.05, 3.63) is 102 Å². The number of hydrogen-bond acceptors (Lipinski definition) is 2. The lowest BCUT2D eigenvalue weighted by molar-refractivity contribution is 0.669. The van der Waals surface area contributed by atoms with Crippen molar-refractivity contribution < 1.29 is 4.42 Å². The first kappa shape index (κ1) is 16.0. The summed E-state index contributed by atoms with van der Waals surface area (Å²) in [7, 11) is 0. The maximum atomic E-state index is 6.32. The Hall–Kier alpha value is -3.23. The van der Waals surface area contributed by atoms with Crippen LogP contribution in [0.5, 0.6) is 0 Å². The highest BCUT2D eigenvalue weighted by molar-refractivity contribution is 6.35. The van der Waals surface area contributed by atoms with Crippen LogP contribution in [0.2, 0.25) is 5.02 Å². The summed E-state index contributed by atoms with van der Waals surface area (Å²) in [5.74, 6) is 0. The molecule has 4 aromatic carbocycles. The van der Waals surface area contributed by atoms with Gasteiger partial charge >= 0.3 is 0 Å². The molecule has 130 valence electrons. The van der Waals surface area contributed by atoms with Gasteiger partial charge in [-0.05, 0) is 48.5 Å². The SMILES string of the molecule is Clc1cccc2c1oc1ccc(N(c3ccccc3)c3ccccc3)cc12. The molecule has 1 heterocycles. The molecule has 0 fully saturated rings. The molecule has 2 nitrogen and oxygen atoms in total. The molecule has 5 rings (SSSR count). The van der Waals surface area contributed by atoms with Crippen LogP contribution in [0.1, 0.15) is 0 Å². The number of nitrogens with zero attached hydrogens (tertiary/aromatic N) is 1. The fraction of sp³-hybridized carbons (Fsp3) is 0. The van der Waals surface area contributed by atoms with Crippen LogP contribution in [-0.4, -0.2) is 0 Å². The number of hydrogen-bond donors (Lipinski definition) is 0. The maximum absolute atomic E-state index is 6.32. The fourth-order valence-corrected chi connectivity index (χ4v) is 3.71. The van der Waals surface area contributed by atoms with Gasteiger partial charge in [0.2, 0.25) is 0 Å². The smallest absolute Gasteiger partial charge is 0.153 e. The highest BCUT2D eigenvalue weighted by Crippen LogP contribution is 2.39. The van der Waals surface area contributed by atoms with Gasteiger partial charge in [-0.3, -0.25) is 0 Å². The Labute approximate surface area is 162 Å². The van der Waals surface area contributed by atoms with Gasteiger partial charge in [-0.15, -0.1) is 0 Å². The minimum atomic E-state index is 0.633. The summed E-state index contributed by atoms with van der Waals surface area (Å²) in [5, 5.41) is 2.72. The summed E-state index contributed by atoms with van der Waals surface area (Å²) in [6, 6.07) is 32.8. The molecule has 0 amide bonds. The number of benzene rings is 4. The van der Waals surface area contributed by atoms with Gasteiger partial charge in [-0.25, -0.2) is 0 Å². The molecule has 0 unspecified atom stereocenters. The minimum Gasteiger partial charge on any atom is -0.454 e. The van der Waals surface area contributed by atoms with E-state index in [0.29, 0.717) is 5.02 Å². The largest absolute Gasteiger partial charge is 0.454 e. The molecular weight excluding hydrogens is 354 g/mol. The minimum absolute atomic E-state index is 0.633. The normalized spacial score (nSPS) is 11.1. The topological polar surface area (TPSA) is 16.4 Å². The predicted octanol–water partition coefficient (Wildman–Crippen LogP) is 7.71. The van der Waals surface area contributed by atoms with Crippen LogP contribution in [0.3, 0.4) is 0 Å². The second-order valence-electron chi connectivity index (χ2n) is 6.41. The van der Waals surface area contributed by atoms with Crippen LogP contribution in [0.25, 0.3) is 21.9 Å². The fourth-order valence-electron chi connectivity index (χ4n) is 3.49. The molecule has 0 spiro atoms. The maximum Gasteiger partial charge on any atom is 0.153 e. The van der Waals surface area contributed by atoms with E-state index in [-0.39, 0.29) is 0 Å². The van der Waals surface area contributed by atoms with Crippen molar-refractivity contribution in [3.63, 3.8) is 0 Å². The summed E-state index contributed by atoms with van der Waals surface area (Å²) in [5.41, 5.74) is 4.85. The van der Waals surface area contributed by atoms with E-state index in [1.807, 2.05) is 36.4 Å². The molecule has 3 heteroatoms. The van der Waals surface area contributed by atoms with E-state index < -0.39 is 0 Å². The number of para-hydroxylation sites is 3. The highest BCUT2D eigenvalue weighted by atomic mass is 35.5. The molecule has 0 radical (unpaired) electrons. The van der Waals surface area contributed by atoms with Crippen LogP contribution in [0, 0.1) is 0 Å². The van der Waals surface area contributed by atoms with E-state index >= 15 is 0 Å². The summed E-state index contributed by atoms with van der Waals surface area (Å²) in [4.78, 5) is 2.24. The number of rotatable bonds is 3. The Balaban J connectivity index is 1.75. The van der Waals surface area contributed by atoms with Crippen molar-refractivity contribution in [1.82, 2.24) is 0 Å². The van der Waals surface area contributed by atoms with Crippen LogP contribution in [0.15, 0.2) is 101 Å². The zero-order valence-electron chi connectivity index (χ0n) is 14.5. The van der Waals surface area contributed by atoms with Crippen LogP contribution < -0.4 is 4.90 Å². The van der Waals surface area contributed by atoms with E-state index in [0.717, 1.165) is 39.0 Å². The molecule has 0 bridgehead atoms. The highest BCUT2D eigenvalue weighted by Gasteiger charge is 2.15. The van der Waals surface area contributed by atoms with Crippen LogP contribution >= 0.6 is 11.6 Å². The third kappa shape index (κ3) is 2.75. The van der Waals surface area contributed by atoms with E-state index in [9.17, 15) is 0 Å². The molecule has 0 aliphatic heterocycles. The lowest BCUT2D eigenvalue weighted by Crippen LogP contribution is -2.09. The van der Waals surface area contributed by atoms with E-state index in [1.54, 1.807) is 0 Å². The van der Waals surface area contributed by atoms with Crippen molar-refractivity contribution >= 4 is 50.6 Å². The van der Waals surface area contributed by atoms with Crippen molar-refractivity contribution in [2.75, 3.05) is 4.90 Å². The van der Waals surface area contributed by atoms with Gasteiger partial charge in [0.15, 0.2) is 5.58 Å². The van der Waals surface area contributed by atoms with Crippen molar-refractivity contribution in [2.45, 2.75) is 0 Å². The lowest BCUT2D eigenvalue weighted by atomic mass is 10.1. The zero-order chi connectivity index (χ0) is 18.2. The Kier molecular flexibility index (Phi) is 3.84. The summed E-state index contributed by atoms with van der Waals surface area (Å²) < 4.78 is 5.98. The van der Waals surface area contributed by atoms with E-state index in [1.165, 1.54) is 0 Å². The van der Waals surface area contributed by atoms with Crippen LogP contribution in [0.4, 0.5) is 17.1 Å². The molecule has 5 aromatic rings. The first-order valence-electron chi connectivity index (χ1n) is 8.82. The molecular formula is C24H16ClNO. The van der Waals surface area contributed by atoms with Crippen molar-refractivity contribution in [3.8, 4) is 0 Å².